The van der Waals surface area contributed by atoms with Crippen molar-refractivity contribution in [1.29, 1.82) is 0 Å². The number of thiophene rings is 1. The van der Waals surface area contributed by atoms with Gasteiger partial charge in [-0.25, -0.2) is 4.39 Å². The molecule has 1 aromatic carbocycles. The van der Waals surface area contributed by atoms with E-state index in [9.17, 15) is 4.39 Å². The van der Waals surface area contributed by atoms with Gasteiger partial charge in [0.25, 0.3) is 0 Å². The van der Waals surface area contributed by atoms with Crippen molar-refractivity contribution >= 4 is 21.4 Å². The van der Waals surface area contributed by atoms with Gasteiger partial charge in [0.15, 0.2) is 0 Å². The summed E-state index contributed by atoms with van der Waals surface area (Å²) in [5.74, 6) is -0.129. The van der Waals surface area contributed by atoms with Crippen molar-refractivity contribution in [3.05, 3.63) is 34.5 Å². The highest BCUT2D eigenvalue weighted by Crippen LogP contribution is 2.34. The third-order valence-corrected chi connectivity index (χ3v) is 5.06. The van der Waals surface area contributed by atoms with E-state index in [0.29, 0.717) is 12.6 Å². The second-order valence-corrected chi connectivity index (χ2v) is 6.81. The first-order valence-electron chi connectivity index (χ1n) is 7.79. The van der Waals surface area contributed by atoms with Crippen LogP contribution < -0.4 is 5.32 Å². The molecule has 1 N–H and O–H groups in total. The Morgan fingerprint density at radius 2 is 2.24 bits per heavy atom. The predicted molar refractivity (Wildman–Crippen MR) is 86.2 cm³/mol. The summed E-state index contributed by atoms with van der Waals surface area (Å²) < 4.78 is 21.0. The summed E-state index contributed by atoms with van der Waals surface area (Å²) in [7, 11) is 0. The number of rotatable bonds is 8. The standard InChI is InChI=1S/C17H22FNOS/c1-2-3-9-20-11-13-16(10-19-12-7-8-12)21-15-6-4-5-14(18)17(13)15/h4-6,12,19H,2-3,7-11H2,1H3. The monoisotopic (exact) mass is 307 g/mol. The van der Waals surface area contributed by atoms with Crippen LogP contribution in [0.4, 0.5) is 4.39 Å². The average Bonchev–Trinajstić information content (AvgIpc) is 3.24. The number of fused-ring (bicyclic) bond motifs is 1. The normalized spacial score (nSPS) is 15.0. The second kappa shape index (κ2) is 6.86. The minimum absolute atomic E-state index is 0.129. The molecule has 0 unspecified atom stereocenters. The van der Waals surface area contributed by atoms with Gasteiger partial charge < -0.3 is 10.1 Å². The molecule has 1 saturated carbocycles. The summed E-state index contributed by atoms with van der Waals surface area (Å²) in [6.45, 7) is 4.24. The molecule has 0 spiro atoms. The van der Waals surface area contributed by atoms with Crippen LogP contribution in [0.5, 0.6) is 0 Å². The van der Waals surface area contributed by atoms with Crippen LogP contribution in [0, 0.1) is 5.82 Å². The van der Waals surface area contributed by atoms with E-state index in [1.807, 2.05) is 6.07 Å². The summed E-state index contributed by atoms with van der Waals surface area (Å²) in [6, 6.07) is 5.99. The van der Waals surface area contributed by atoms with E-state index in [1.165, 1.54) is 17.7 Å². The number of nitrogens with one attached hydrogen (secondary N) is 1. The Kier molecular flexibility index (Phi) is 4.88. The number of ether oxygens (including phenoxy) is 1. The van der Waals surface area contributed by atoms with Crippen molar-refractivity contribution in [2.45, 2.75) is 51.8 Å². The number of halogens is 1. The van der Waals surface area contributed by atoms with Gasteiger partial charge in [0.1, 0.15) is 5.82 Å². The first kappa shape index (κ1) is 14.9. The van der Waals surface area contributed by atoms with Gasteiger partial charge in [-0.15, -0.1) is 11.3 Å². The molecule has 1 aliphatic rings. The first-order chi connectivity index (χ1) is 10.3. The van der Waals surface area contributed by atoms with Crippen molar-refractivity contribution in [1.82, 2.24) is 5.32 Å². The summed E-state index contributed by atoms with van der Waals surface area (Å²) in [4.78, 5) is 1.22. The van der Waals surface area contributed by atoms with Crippen LogP contribution in [0.3, 0.4) is 0 Å². The molecular formula is C17H22FNOS. The van der Waals surface area contributed by atoms with Crippen LogP contribution >= 0.6 is 11.3 Å². The lowest BCUT2D eigenvalue weighted by atomic mass is 10.1. The van der Waals surface area contributed by atoms with Crippen molar-refractivity contribution in [3.63, 3.8) is 0 Å². The van der Waals surface area contributed by atoms with Crippen molar-refractivity contribution in [2.24, 2.45) is 0 Å². The molecule has 1 aliphatic carbocycles. The molecular weight excluding hydrogens is 285 g/mol. The molecule has 2 aromatic rings. The Labute approximate surface area is 129 Å². The zero-order chi connectivity index (χ0) is 14.7. The Morgan fingerprint density at radius 1 is 1.38 bits per heavy atom. The van der Waals surface area contributed by atoms with E-state index in [4.69, 9.17) is 4.74 Å². The van der Waals surface area contributed by atoms with E-state index in [1.54, 1.807) is 23.5 Å². The topological polar surface area (TPSA) is 21.3 Å². The van der Waals surface area contributed by atoms with Crippen molar-refractivity contribution in [3.8, 4) is 0 Å². The van der Waals surface area contributed by atoms with E-state index in [-0.39, 0.29) is 5.82 Å². The van der Waals surface area contributed by atoms with Gasteiger partial charge in [-0.3, -0.25) is 0 Å². The fraction of sp³-hybridized carbons (Fsp3) is 0.529. The van der Waals surface area contributed by atoms with Crippen LogP contribution in [0.1, 0.15) is 43.0 Å². The maximum Gasteiger partial charge on any atom is 0.132 e. The van der Waals surface area contributed by atoms with Crippen molar-refractivity contribution < 1.29 is 9.13 Å². The fourth-order valence-corrected chi connectivity index (χ4v) is 3.63. The van der Waals surface area contributed by atoms with Gasteiger partial charge in [0.2, 0.25) is 0 Å². The molecule has 21 heavy (non-hydrogen) atoms. The highest BCUT2D eigenvalue weighted by atomic mass is 32.1. The van der Waals surface area contributed by atoms with Crippen LogP contribution in [-0.2, 0) is 17.9 Å². The molecule has 114 valence electrons. The Bertz CT molecular complexity index is 606. The van der Waals surface area contributed by atoms with Crippen LogP contribution in [0.15, 0.2) is 18.2 Å². The third-order valence-electron chi connectivity index (χ3n) is 3.86. The molecule has 0 aliphatic heterocycles. The molecule has 0 saturated heterocycles. The zero-order valence-corrected chi connectivity index (χ0v) is 13.3. The fourth-order valence-electron chi connectivity index (χ4n) is 2.46. The quantitative estimate of drug-likeness (QED) is 0.719. The van der Waals surface area contributed by atoms with Crippen LogP contribution in [0.2, 0.25) is 0 Å². The largest absolute Gasteiger partial charge is 0.377 e. The summed E-state index contributed by atoms with van der Waals surface area (Å²) in [6.07, 6.45) is 4.71. The van der Waals surface area contributed by atoms with Crippen molar-refractivity contribution in [2.75, 3.05) is 6.61 Å². The maximum absolute atomic E-state index is 14.2. The van der Waals surface area contributed by atoms with Crippen LogP contribution in [-0.4, -0.2) is 12.6 Å². The van der Waals surface area contributed by atoms with Gasteiger partial charge in [-0.2, -0.15) is 0 Å². The lowest BCUT2D eigenvalue weighted by Gasteiger charge is -2.07. The highest BCUT2D eigenvalue weighted by Gasteiger charge is 2.22. The summed E-state index contributed by atoms with van der Waals surface area (Å²) >= 11 is 1.69. The number of hydrogen-bond acceptors (Lipinski definition) is 3. The molecule has 0 amide bonds. The van der Waals surface area contributed by atoms with Gasteiger partial charge in [-0.1, -0.05) is 19.4 Å². The molecule has 1 aromatic heterocycles. The molecule has 0 radical (unpaired) electrons. The van der Waals surface area contributed by atoms with Gasteiger partial charge >= 0.3 is 0 Å². The molecule has 1 heterocycles. The average molecular weight is 307 g/mol. The van der Waals surface area contributed by atoms with E-state index < -0.39 is 0 Å². The summed E-state index contributed by atoms with van der Waals surface area (Å²) in [5.41, 5.74) is 1.04. The van der Waals surface area contributed by atoms with Gasteiger partial charge in [-0.05, 0) is 31.4 Å². The third kappa shape index (κ3) is 3.62. The van der Waals surface area contributed by atoms with Gasteiger partial charge in [0, 0.05) is 39.7 Å². The minimum Gasteiger partial charge on any atom is -0.377 e. The molecule has 4 heteroatoms. The summed E-state index contributed by atoms with van der Waals surface area (Å²) in [5, 5.41) is 4.28. The molecule has 0 atom stereocenters. The lowest BCUT2D eigenvalue weighted by molar-refractivity contribution is 0.118. The number of hydrogen-bond donors (Lipinski definition) is 1. The second-order valence-electron chi connectivity index (χ2n) is 5.68. The van der Waals surface area contributed by atoms with Gasteiger partial charge in [0.05, 0.1) is 6.61 Å². The SMILES string of the molecule is CCCCOCc1c(CNC2CC2)sc2cccc(F)c12. The minimum atomic E-state index is -0.129. The predicted octanol–water partition coefficient (Wildman–Crippen LogP) is 4.61. The van der Waals surface area contributed by atoms with E-state index >= 15 is 0 Å². The Hall–Kier alpha value is -0.970. The van der Waals surface area contributed by atoms with E-state index in [2.05, 4.69) is 12.2 Å². The van der Waals surface area contributed by atoms with Crippen LogP contribution in [0.25, 0.3) is 10.1 Å². The zero-order valence-electron chi connectivity index (χ0n) is 12.5. The lowest BCUT2D eigenvalue weighted by Crippen LogP contribution is -2.15. The maximum atomic E-state index is 14.2. The Morgan fingerprint density at radius 3 is 3.00 bits per heavy atom. The molecule has 3 rings (SSSR count). The molecule has 2 nitrogen and oxygen atoms in total. The first-order valence-corrected chi connectivity index (χ1v) is 8.61. The highest BCUT2D eigenvalue weighted by molar-refractivity contribution is 7.19. The number of unbranched alkanes of at least 4 members (excludes halogenated alkanes) is 1. The van der Waals surface area contributed by atoms with E-state index in [0.717, 1.165) is 41.6 Å². The molecule has 1 fully saturated rings. The number of benzene rings is 1. The smallest absolute Gasteiger partial charge is 0.132 e. The molecule has 0 bridgehead atoms. The Balaban J connectivity index is 1.82.